The van der Waals surface area contributed by atoms with Crippen LogP contribution in [0.5, 0.6) is 0 Å². The van der Waals surface area contributed by atoms with E-state index in [1.807, 2.05) is 12.1 Å². The van der Waals surface area contributed by atoms with Gasteiger partial charge in [-0.2, -0.15) is 0 Å². The third-order valence-corrected chi connectivity index (χ3v) is 3.44. The van der Waals surface area contributed by atoms with Crippen LogP contribution in [0.15, 0.2) is 36.7 Å². The molecular weight excluding hydrogens is 257 g/mol. The Balaban J connectivity index is 1.66. The summed E-state index contributed by atoms with van der Waals surface area (Å²) in [7, 11) is 0. The summed E-state index contributed by atoms with van der Waals surface area (Å²) in [5.74, 6) is 1.04. The van der Waals surface area contributed by atoms with Crippen molar-refractivity contribution in [3.8, 4) is 0 Å². The molecule has 0 amide bonds. The van der Waals surface area contributed by atoms with Gasteiger partial charge in [-0.3, -0.25) is 4.98 Å². The summed E-state index contributed by atoms with van der Waals surface area (Å²) in [5, 5.41) is 0. The highest BCUT2D eigenvalue weighted by atomic mass is 19.1. The van der Waals surface area contributed by atoms with Gasteiger partial charge >= 0.3 is 0 Å². The first kappa shape index (κ1) is 12.7. The number of nitrogens with zero attached hydrogens (tertiary/aromatic N) is 4. The summed E-state index contributed by atoms with van der Waals surface area (Å²) in [5.41, 5.74) is 6.70. The fourth-order valence-corrected chi connectivity index (χ4v) is 2.37. The summed E-state index contributed by atoms with van der Waals surface area (Å²) in [6.45, 7) is 3.41. The van der Waals surface area contributed by atoms with E-state index in [-0.39, 0.29) is 5.82 Å². The van der Waals surface area contributed by atoms with Crippen LogP contribution in [0.2, 0.25) is 0 Å². The van der Waals surface area contributed by atoms with Crippen LogP contribution in [-0.4, -0.2) is 36.1 Å². The van der Waals surface area contributed by atoms with Gasteiger partial charge in [0.25, 0.3) is 0 Å². The molecule has 1 aliphatic rings. The maximum absolute atomic E-state index is 12.9. The Kier molecular flexibility index (Phi) is 3.37. The molecule has 1 fully saturated rings. The average molecular weight is 273 g/mol. The van der Waals surface area contributed by atoms with Crippen molar-refractivity contribution >= 4 is 17.3 Å². The van der Waals surface area contributed by atoms with Crippen LogP contribution in [0.4, 0.5) is 21.7 Å². The van der Waals surface area contributed by atoms with Crippen molar-refractivity contribution in [3.63, 3.8) is 0 Å². The molecule has 0 unspecified atom stereocenters. The van der Waals surface area contributed by atoms with E-state index in [1.54, 1.807) is 6.20 Å². The van der Waals surface area contributed by atoms with E-state index in [9.17, 15) is 4.39 Å². The predicted octanol–water partition coefficient (Wildman–Crippen LogP) is 1.52. The van der Waals surface area contributed by atoms with E-state index in [2.05, 4.69) is 19.8 Å². The lowest BCUT2D eigenvalue weighted by molar-refractivity contribution is 0.624. The Labute approximate surface area is 116 Å². The number of anilines is 3. The van der Waals surface area contributed by atoms with E-state index in [4.69, 9.17) is 5.73 Å². The van der Waals surface area contributed by atoms with E-state index < -0.39 is 0 Å². The van der Waals surface area contributed by atoms with Gasteiger partial charge < -0.3 is 15.5 Å². The lowest BCUT2D eigenvalue weighted by atomic mass is 10.2. The summed E-state index contributed by atoms with van der Waals surface area (Å²) < 4.78 is 12.9. The molecule has 1 aliphatic heterocycles. The van der Waals surface area contributed by atoms with E-state index in [0.717, 1.165) is 37.7 Å². The van der Waals surface area contributed by atoms with Crippen LogP contribution in [0, 0.1) is 5.82 Å². The van der Waals surface area contributed by atoms with Crippen molar-refractivity contribution in [2.45, 2.75) is 0 Å². The Morgan fingerprint density at radius 3 is 2.25 bits per heavy atom. The molecule has 2 aromatic rings. The van der Waals surface area contributed by atoms with E-state index >= 15 is 0 Å². The molecule has 0 aliphatic carbocycles. The highest BCUT2D eigenvalue weighted by Crippen LogP contribution is 2.19. The number of rotatable bonds is 2. The number of piperazine rings is 1. The highest BCUT2D eigenvalue weighted by Gasteiger charge is 2.18. The smallest absolute Gasteiger partial charge is 0.149 e. The number of hydrogen-bond acceptors (Lipinski definition) is 5. The second-order valence-electron chi connectivity index (χ2n) is 4.75. The minimum absolute atomic E-state index is 0.206. The molecule has 2 N–H and O–H groups in total. The first-order valence-corrected chi connectivity index (χ1v) is 6.55. The third-order valence-electron chi connectivity index (χ3n) is 3.44. The molecule has 0 bridgehead atoms. The van der Waals surface area contributed by atoms with Gasteiger partial charge in [0.15, 0.2) is 0 Å². The number of halogens is 1. The number of nitrogens with two attached hydrogens (primary N) is 1. The van der Waals surface area contributed by atoms with Crippen LogP contribution in [0.1, 0.15) is 0 Å². The summed E-state index contributed by atoms with van der Waals surface area (Å²) >= 11 is 0. The molecule has 1 saturated heterocycles. The van der Waals surface area contributed by atoms with Gasteiger partial charge in [0.05, 0.1) is 12.4 Å². The van der Waals surface area contributed by atoms with Crippen LogP contribution < -0.4 is 15.5 Å². The molecule has 3 rings (SSSR count). The zero-order valence-corrected chi connectivity index (χ0v) is 11.0. The Morgan fingerprint density at radius 1 is 0.950 bits per heavy atom. The molecule has 6 heteroatoms. The number of hydrogen-bond donors (Lipinski definition) is 1. The van der Waals surface area contributed by atoms with Gasteiger partial charge in [-0.05, 0) is 24.3 Å². The van der Waals surface area contributed by atoms with Crippen molar-refractivity contribution in [3.05, 3.63) is 42.5 Å². The minimum Gasteiger partial charge on any atom is -0.382 e. The molecule has 1 aromatic carbocycles. The van der Waals surface area contributed by atoms with Crippen molar-refractivity contribution < 1.29 is 4.39 Å². The lowest BCUT2D eigenvalue weighted by Gasteiger charge is -2.36. The van der Waals surface area contributed by atoms with Gasteiger partial charge in [0.1, 0.15) is 17.5 Å². The average Bonchev–Trinajstić information content (AvgIpc) is 2.48. The first-order valence-electron chi connectivity index (χ1n) is 6.55. The molecule has 104 valence electrons. The molecule has 0 radical (unpaired) electrons. The predicted molar refractivity (Wildman–Crippen MR) is 77.3 cm³/mol. The van der Waals surface area contributed by atoms with Crippen LogP contribution in [-0.2, 0) is 0 Å². The molecule has 0 atom stereocenters. The normalized spacial score (nSPS) is 15.4. The minimum atomic E-state index is -0.206. The number of nitrogen functional groups attached to an aromatic ring is 1. The first-order chi connectivity index (χ1) is 9.72. The third kappa shape index (κ3) is 2.64. The van der Waals surface area contributed by atoms with E-state index in [1.165, 1.54) is 18.3 Å². The molecule has 5 nitrogen and oxygen atoms in total. The van der Waals surface area contributed by atoms with Crippen molar-refractivity contribution in [2.24, 2.45) is 0 Å². The second-order valence-corrected chi connectivity index (χ2v) is 4.75. The quantitative estimate of drug-likeness (QED) is 0.899. The maximum atomic E-state index is 12.9. The van der Waals surface area contributed by atoms with Crippen molar-refractivity contribution in [1.82, 2.24) is 9.97 Å². The maximum Gasteiger partial charge on any atom is 0.149 e. The molecule has 0 saturated carbocycles. The molecule has 2 heterocycles. The zero-order chi connectivity index (χ0) is 13.9. The largest absolute Gasteiger partial charge is 0.382 e. The topological polar surface area (TPSA) is 58.3 Å². The molecular formula is C14H16FN5. The fourth-order valence-electron chi connectivity index (χ4n) is 2.37. The molecule has 20 heavy (non-hydrogen) atoms. The van der Waals surface area contributed by atoms with Crippen molar-refractivity contribution in [1.29, 1.82) is 0 Å². The molecule has 0 spiro atoms. The van der Waals surface area contributed by atoms with Gasteiger partial charge in [-0.25, -0.2) is 9.37 Å². The van der Waals surface area contributed by atoms with Gasteiger partial charge in [0.2, 0.25) is 0 Å². The fraction of sp³-hybridized carbons (Fsp3) is 0.286. The Hall–Kier alpha value is -2.37. The Bertz CT molecular complexity index is 578. The van der Waals surface area contributed by atoms with Gasteiger partial charge in [-0.15, -0.1) is 0 Å². The molecule has 1 aromatic heterocycles. The monoisotopic (exact) mass is 273 g/mol. The highest BCUT2D eigenvalue weighted by molar-refractivity contribution is 5.49. The summed E-state index contributed by atoms with van der Waals surface area (Å²) in [4.78, 5) is 12.7. The lowest BCUT2D eigenvalue weighted by Crippen LogP contribution is -2.46. The van der Waals surface area contributed by atoms with Gasteiger partial charge in [0, 0.05) is 31.9 Å². The standard InChI is InChI=1S/C14H16FN5/c15-11-1-3-12(4-2-11)19-5-7-20(8-6-19)14-10-17-9-13(16)18-14/h1-4,9-10H,5-8H2,(H2,16,18). The van der Waals surface area contributed by atoms with Crippen LogP contribution in [0.3, 0.4) is 0 Å². The van der Waals surface area contributed by atoms with Gasteiger partial charge in [-0.1, -0.05) is 0 Å². The number of aromatic nitrogens is 2. The SMILES string of the molecule is Nc1cncc(N2CCN(c3ccc(F)cc3)CC2)n1. The van der Waals surface area contributed by atoms with Crippen LogP contribution >= 0.6 is 0 Å². The van der Waals surface area contributed by atoms with Crippen molar-refractivity contribution in [2.75, 3.05) is 41.7 Å². The van der Waals surface area contributed by atoms with E-state index in [0.29, 0.717) is 5.82 Å². The second kappa shape index (κ2) is 5.32. The summed E-state index contributed by atoms with van der Waals surface area (Å²) in [6, 6.07) is 6.60. The zero-order valence-electron chi connectivity index (χ0n) is 11.0. The summed E-state index contributed by atoms with van der Waals surface area (Å²) in [6.07, 6.45) is 3.27. The Morgan fingerprint density at radius 2 is 1.60 bits per heavy atom. The number of benzene rings is 1. The van der Waals surface area contributed by atoms with Crippen LogP contribution in [0.25, 0.3) is 0 Å².